The van der Waals surface area contributed by atoms with Crippen LogP contribution in [0.2, 0.25) is 0 Å². The van der Waals surface area contributed by atoms with Crippen LogP contribution in [0.3, 0.4) is 0 Å². The Bertz CT molecular complexity index is 1220. The Morgan fingerprint density at radius 3 is 2.88 bits per heavy atom. The summed E-state index contributed by atoms with van der Waals surface area (Å²) in [5.41, 5.74) is 3.69. The Hall–Kier alpha value is -3.52. The maximum Gasteiger partial charge on any atom is 0.274 e. The topological polar surface area (TPSA) is 75.9 Å². The normalized spacial score (nSPS) is 15.8. The van der Waals surface area contributed by atoms with E-state index in [-0.39, 0.29) is 11.9 Å². The molecule has 5 heterocycles. The lowest BCUT2D eigenvalue weighted by atomic mass is 10.1. The number of aryl methyl sites for hydroxylation is 1. The van der Waals surface area contributed by atoms with Crippen molar-refractivity contribution in [2.45, 2.75) is 32.4 Å². The van der Waals surface area contributed by atoms with Crippen molar-refractivity contribution in [1.82, 2.24) is 19.5 Å². The number of rotatable bonds is 6. The molecule has 0 bridgehead atoms. The average Bonchev–Trinajstić information content (AvgIpc) is 3.55. The molecule has 8 heteroatoms. The number of pyridine rings is 2. The zero-order valence-electron chi connectivity index (χ0n) is 17.8. The first kappa shape index (κ1) is 20.4. The fourth-order valence-corrected chi connectivity index (χ4v) is 4.89. The molecule has 0 radical (unpaired) electrons. The van der Waals surface area contributed by atoms with Crippen molar-refractivity contribution in [2.24, 2.45) is 0 Å². The highest BCUT2D eigenvalue weighted by Crippen LogP contribution is 2.36. The van der Waals surface area contributed by atoms with Crippen LogP contribution in [0, 0.1) is 6.92 Å². The number of aromatic nitrogens is 4. The Kier molecular flexibility index (Phi) is 5.68. The van der Waals surface area contributed by atoms with Gasteiger partial charge in [0.15, 0.2) is 5.13 Å². The van der Waals surface area contributed by atoms with Gasteiger partial charge in [-0.05, 0) is 61.7 Å². The van der Waals surface area contributed by atoms with Gasteiger partial charge < -0.3 is 9.47 Å². The van der Waals surface area contributed by atoms with Gasteiger partial charge in [0.25, 0.3) is 5.91 Å². The standard InChI is InChI=1S/C24H24N6OS/c1-17-5-2-8-22(26-17)30-14-4-6-20(30)19-16-32-24(27-19)28-23(31)21-7-3-13-29(21)15-18-9-11-25-12-10-18/h2-3,5,7-13,16,20H,4,6,14-15H2,1H3,(H,27,28,31)/t20-/m1/s1. The molecule has 1 atom stereocenters. The SMILES string of the molecule is Cc1cccc(N2CCC[C@@H]2c2csc(NC(=O)c3cccn3Cc3ccncc3)n2)n1. The van der Waals surface area contributed by atoms with E-state index in [2.05, 4.69) is 26.3 Å². The highest BCUT2D eigenvalue weighted by molar-refractivity contribution is 7.14. The van der Waals surface area contributed by atoms with Crippen LogP contribution < -0.4 is 10.2 Å². The minimum absolute atomic E-state index is 0.159. The first-order valence-corrected chi connectivity index (χ1v) is 11.6. The van der Waals surface area contributed by atoms with Crippen LogP contribution >= 0.6 is 11.3 Å². The summed E-state index contributed by atoms with van der Waals surface area (Å²) in [6, 6.07) is 13.9. The maximum absolute atomic E-state index is 12.9. The van der Waals surface area contributed by atoms with Gasteiger partial charge in [-0.1, -0.05) is 6.07 Å². The lowest BCUT2D eigenvalue weighted by Crippen LogP contribution is -2.24. The van der Waals surface area contributed by atoms with Crippen LogP contribution in [-0.2, 0) is 6.54 Å². The van der Waals surface area contributed by atoms with Crippen molar-refractivity contribution >= 4 is 28.2 Å². The van der Waals surface area contributed by atoms with E-state index in [1.165, 1.54) is 11.3 Å². The van der Waals surface area contributed by atoms with E-state index in [1.54, 1.807) is 12.4 Å². The molecule has 162 valence electrons. The highest BCUT2D eigenvalue weighted by atomic mass is 32.1. The molecule has 0 aliphatic carbocycles. The van der Waals surface area contributed by atoms with Crippen LogP contribution in [0.1, 0.15) is 46.3 Å². The Morgan fingerprint density at radius 1 is 1.16 bits per heavy atom. The predicted molar refractivity (Wildman–Crippen MR) is 126 cm³/mol. The molecule has 1 amide bonds. The summed E-state index contributed by atoms with van der Waals surface area (Å²) in [6.45, 7) is 3.58. The molecule has 0 spiro atoms. The third-order valence-corrected chi connectivity index (χ3v) is 6.44. The van der Waals surface area contributed by atoms with E-state index in [9.17, 15) is 4.79 Å². The largest absolute Gasteiger partial charge is 0.348 e. The zero-order valence-corrected chi connectivity index (χ0v) is 18.6. The predicted octanol–water partition coefficient (Wildman–Crippen LogP) is 4.69. The van der Waals surface area contributed by atoms with Gasteiger partial charge in [-0.15, -0.1) is 11.3 Å². The zero-order chi connectivity index (χ0) is 21.9. The van der Waals surface area contributed by atoms with E-state index in [1.807, 2.05) is 59.5 Å². The van der Waals surface area contributed by atoms with Crippen molar-refractivity contribution in [1.29, 1.82) is 0 Å². The Labute approximate surface area is 190 Å². The van der Waals surface area contributed by atoms with Gasteiger partial charge in [0.1, 0.15) is 11.5 Å². The number of nitrogens with zero attached hydrogens (tertiary/aromatic N) is 5. The van der Waals surface area contributed by atoms with Crippen LogP contribution in [0.25, 0.3) is 0 Å². The first-order chi connectivity index (χ1) is 15.7. The number of carbonyl (C=O) groups excluding carboxylic acids is 1. The number of anilines is 2. The number of hydrogen-bond donors (Lipinski definition) is 1. The summed E-state index contributed by atoms with van der Waals surface area (Å²) in [6.07, 6.45) is 7.56. The second kappa shape index (κ2) is 8.92. The van der Waals surface area contributed by atoms with E-state index in [4.69, 9.17) is 4.98 Å². The van der Waals surface area contributed by atoms with Crippen LogP contribution in [0.4, 0.5) is 10.9 Å². The van der Waals surface area contributed by atoms with Crippen LogP contribution in [-0.4, -0.2) is 32.0 Å². The lowest BCUT2D eigenvalue weighted by Gasteiger charge is -2.24. The van der Waals surface area contributed by atoms with Gasteiger partial charge in [0.2, 0.25) is 0 Å². The molecule has 1 fully saturated rings. The quantitative estimate of drug-likeness (QED) is 0.467. The number of hydrogen-bond acceptors (Lipinski definition) is 6. The maximum atomic E-state index is 12.9. The molecule has 32 heavy (non-hydrogen) atoms. The molecular formula is C24H24N6OS. The van der Waals surface area contributed by atoms with Gasteiger partial charge >= 0.3 is 0 Å². The highest BCUT2D eigenvalue weighted by Gasteiger charge is 2.29. The summed E-state index contributed by atoms with van der Waals surface area (Å²) < 4.78 is 1.93. The molecule has 1 aliphatic heterocycles. The van der Waals surface area contributed by atoms with Crippen molar-refractivity contribution in [3.63, 3.8) is 0 Å². The summed E-state index contributed by atoms with van der Waals surface area (Å²) in [5, 5.41) is 5.64. The molecule has 5 rings (SSSR count). The van der Waals surface area contributed by atoms with Gasteiger partial charge in [0.05, 0.1) is 11.7 Å². The lowest BCUT2D eigenvalue weighted by molar-refractivity contribution is 0.101. The molecule has 0 saturated carbocycles. The second-order valence-electron chi connectivity index (χ2n) is 7.90. The molecule has 4 aromatic rings. The van der Waals surface area contributed by atoms with E-state index < -0.39 is 0 Å². The molecule has 7 nitrogen and oxygen atoms in total. The van der Waals surface area contributed by atoms with E-state index >= 15 is 0 Å². The third-order valence-electron chi connectivity index (χ3n) is 5.67. The van der Waals surface area contributed by atoms with Crippen LogP contribution in [0.15, 0.2) is 66.4 Å². The minimum Gasteiger partial charge on any atom is -0.348 e. The molecular weight excluding hydrogens is 420 g/mol. The molecule has 4 aromatic heterocycles. The summed E-state index contributed by atoms with van der Waals surface area (Å²) >= 11 is 1.46. The fourth-order valence-electron chi connectivity index (χ4n) is 4.14. The van der Waals surface area contributed by atoms with Gasteiger partial charge in [-0.2, -0.15) is 0 Å². The monoisotopic (exact) mass is 444 g/mol. The summed E-state index contributed by atoms with van der Waals surface area (Å²) in [7, 11) is 0. The summed E-state index contributed by atoms with van der Waals surface area (Å²) in [5.74, 6) is 0.827. The van der Waals surface area contributed by atoms with Crippen LogP contribution in [0.5, 0.6) is 0 Å². The van der Waals surface area contributed by atoms with Gasteiger partial charge in [-0.3, -0.25) is 15.1 Å². The number of carbonyl (C=O) groups is 1. The van der Waals surface area contributed by atoms with Gasteiger partial charge in [-0.25, -0.2) is 9.97 Å². The van der Waals surface area contributed by atoms with Crippen molar-refractivity contribution in [3.8, 4) is 0 Å². The van der Waals surface area contributed by atoms with Crippen molar-refractivity contribution in [3.05, 3.63) is 89.1 Å². The Balaban J connectivity index is 1.30. The van der Waals surface area contributed by atoms with E-state index in [0.29, 0.717) is 17.4 Å². The van der Waals surface area contributed by atoms with Crippen molar-refractivity contribution in [2.75, 3.05) is 16.8 Å². The number of thiazole rings is 1. The molecule has 1 aliphatic rings. The number of nitrogens with one attached hydrogen (secondary N) is 1. The molecule has 1 N–H and O–H groups in total. The summed E-state index contributed by atoms with van der Waals surface area (Å²) in [4.78, 5) is 28.7. The van der Waals surface area contributed by atoms with E-state index in [0.717, 1.165) is 42.2 Å². The molecule has 0 aromatic carbocycles. The smallest absolute Gasteiger partial charge is 0.274 e. The Morgan fingerprint density at radius 2 is 2.03 bits per heavy atom. The molecule has 0 unspecified atom stereocenters. The third kappa shape index (κ3) is 4.27. The van der Waals surface area contributed by atoms with Gasteiger partial charge in [0, 0.05) is 42.8 Å². The molecule has 1 saturated heterocycles. The van der Waals surface area contributed by atoms with Crippen molar-refractivity contribution < 1.29 is 4.79 Å². The minimum atomic E-state index is -0.159. The fraction of sp³-hybridized carbons (Fsp3) is 0.250. The number of amides is 1. The first-order valence-electron chi connectivity index (χ1n) is 10.7. The second-order valence-corrected chi connectivity index (χ2v) is 8.76. The average molecular weight is 445 g/mol.